The molecule has 4 rings (SSSR count). The Morgan fingerprint density at radius 3 is 2.38 bits per heavy atom. The van der Waals surface area contributed by atoms with Crippen LogP contribution in [0, 0.1) is 6.92 Å². The van der Waals surface area contributed by atoms with Gasteiger partial charge in [0.25, 0.3) is 0 Å². The molecule has 0 unspecified atom stereocenters. The summed E-state index contributed by atoms with van der Waals surface area (Å²) in [6.45, 7) is 4.22. The van der Waals surface area contributed by atoms with E-state index in [9.17, 15) is 13.5 Å². The van der Waals surface area contributed by atoms with Crippen molar-refractivity contribution in [3.05, 3.63) is 59.7 Å². The van der Waals surface area contributed by atoms with Crippen molar-refractivity contribution >= 4 is 10.0 Å². The maximum atomic E-state index is 12.2. The number of fused-ring (bicyclic) bond motifs is 1. The van der Waals surface area contributed by atoms with Crippen molar-refractivity contribution in [2.24, 2.45) is 0 Å². The number of sulfonamides is 1. The highest BCUT2D eigenvalue weighted by molar-refractivity contribution is 7.88. The Labute approximate surface area is 174 Å². The van der Waals surface area contributed by atoms with E-state index in [2.05, 4.69) is 54.3 Å². The number of hydrogen-bond acceptors (Lipinski definition) is 4. The number of hydrogen-bond donors (Lipinski definition) is 1. The summed E-state index contributed by atoms with van der Waals surface area (Å²) in [5.74, 6) is 0.147. The molecule has 2 aliphatic rings. The summed E-state index contributed by atoms with van der Waals surface area (Å²) < 4.78 is 26.0. The molecule has 0 amide bonds. The topological polar surface area (TPSA) is 60.9 Å². The second kappa shape index (κ2) is 8.19. The molecule has 0 saturated carbocycles. The first-order chi connectivity index (χ1) is 13.9. The summed E-state index contributed by atoms with van der Waals surface area (Å²) in [6, 6.07) is 17.1. The predicted molar refractivity (Wildman–Crippen MR) is 116 cm³/mol. The molecule has 1 N–H and O–H groups in total. The van der Waals surface area contributed by atoms with E-state index in [1.165, 1.54) is 28.5 Å². The maximum absolute atomic E-state index is 12.2. The first kappa shape index (κ1) is 20.5. The summed E-state index contributed by atoms with van der Waals surface area (Å²) in [6.07, 6.45) is 3.12. The molecule has 2 fully saturated rings. The van der Waals surface area contributed by atoms with Crippen LogP contribution in [0.5, 0.6) is 0 Å². The minimum atomic E-state index is -3.22. The van der Waals surface area contributed by atoms with Crippen molar-refractivity contribution in [3.8, 4) is 11.1 Å². The maximum Gasteiger partial charge on any atom is 0.211 e. The fraction of sp³-hybridized carbons (Fsp3) is 0.478. The smallest absolute Gasteiger partial charge is 0.211 e. The Kier molecular flexibility index (Phi) is 5.80. The van der Waals surface area contributed by atoms with Gasteiger partial charge in [-0.05, 0) is 48.6 Å². The largest absolute Gasteiger partial charge is 0.395 e. The van der Waals surface area contributed by atoms with Gasteiger partial charge in [-0.1, -0.05) is 48.5 Å². The molecule has 2 aliphatic heterocycles. The third-order valence-electron chi connectivity index (χ3n) is 6.55. The number of aliphatic hydroxyl groups is 1. The standard InChI is InChI=1S/C23H30N2O3S/c1-17-7-3-4-8-20(17)18-9-11-19(12-10-18)23-21-15-24(29(2,27)28)13-5-6-14-25(21)22(23)16-26/h3-4,7-12,21-23,26H,5-6,13-16H2,1-2H3/t21-,22+,23-/m0/s1. The fourth-order valence-electron chi connectivity index (χ4n) is 4.99. The van der Waals surface area contributed by atoms with E-state index in [4.69, 9.17) is 0 Å². The predicted octanol–water partition coefficient (Wildman–Crippen LogP) is 2.85. The Bertz CT molecular complexity index is 958. The SMILES string of the molecule is Cc1ccccc1-c1ccc([C@@H]2[C@@H](CO)N3CCCCN(S(C)(=O)=O)C[C@@H]23)cc1. The Morgan fingerprint density at radius 1 is 1.03 bits per heavy atom. The Hall–Kier alpha value is -1.73. The zero-order valence-electron chi connectivity index (χ0n) is 17.2. The van der Waals surface area contributed by atoms with E-state index >= 15 is 0 Å². The lowest BCUT2D eigenvalue weighted by Gasteiger charge is -2.57. The minimum Gasteiger partial charge on any atom is -0.395 e. The van der Waals surface area contributed by atoms with Crippen LogP contribution < -0.4 is 0 Å². The van der Waals surface area contributed by atoms with Crippen LogP contribution in [0.4, 0.5) is 0 Å². The van der Waals surface area contributed by atoms with E-state index in [0.29, 0.717) is 13.1 Å². The van der Waals surface area contributed by atoms with Crippen molar-refractivity contribution < 1.29 is 13.5 Å². The third kappa shape index (κ3) is 3.99. The van der Waals surface area contributed by atoms with Crippen LogP contribution in [-0.2, 0) is 10.0 Å². The summed E-state index contributed by atoms with van der Waals surface area (Å²) >= 11 is 0. The molecule has 2 heterocycles. The number of aryl methyl sites for hydroxylation is 1. The van der Waals surface area contributed by atoms with Crippen LogP contribution in [0.1, 0.15) is 29.9 Å². The Balaban J connectivity index is 1.61. The summed E-state index contributed by atoms with van der Waals surface area (Å²) in [5.41, 5.74) is 4.82. The van der Waals surface area contributed by atoms with Gasteiger partial charge in [0.05, 0.1) is 12.9 Å². The highest BCUT2D eigenvalue weighted by Gasteiger charge is 2.49. The molecule has 3 atom stereocenters. The normalized spacial score (nSPS) is 26.2. The first-order valence-electron chi connectivity index (χ1n) is 10.4. The second-order valence-electron chi connectivity index (χ2n) is 8.35. The van der Waals surface area contributed by atoms with Crippen LogP contribution in [0.3, 0.4) is 0 Å². The van der Waals surface area contributed by atoms with Gasteiger partial charge in [-0.3, -0.25) is 4.90 Å². The fourth-order valence-corrected chi connectivity index (χ4v) is 5.88. The van der Waals surface area contributed by atoms with Crippen LogP contribution in [0.25, 0.3) is 11.1 Å². The van der Waals surface area contributed by atoms with E-state index in [0.717, 1.165) is 19.4 Å². The van der Waals surface area contributed by atoms with Crippen molar-refractivity contribution in [3.63, 3.8) is 0 Å². The van der Waals surface area contributed by atoms with Gasteiger partial charge in [-0.15, -0.1) is 0 Å². The van der Waals surface area contributed by atoms with Crippen LogP contribution >= 0.6 is 0 Å². The van der Waals surface area contributed by atoms with Crippen molar-refractivity contribution in [1.82, 2.24) is 9.21 Å². The molecular weight excluding hydrogens is 384 g/mol. The zero-order chi connectivity index (χ0) is 20.6. The van der Waals surface area contributed by atoms with Crippen molar-refractivity contribution in [1.29, 1.82) is 0 Å². The number of benzene rings is 2. The molecular formula is C23H30N2O3S. The molecule has 29 heavy (non-hydrogen) atoms. The first-order valence-corrected chi connectivity index (χ1v) is 12.2. The van der Waals surface area contributed by atoms with E-state index < -0.39 is 10.0 Å². The van der Waals surface area contributed by atoms with E-state index in [1.807, 2.05) is 6.07 Å². The molecule has 0 spiro atoms. The molecule has 0 bridgehead atoms. The van der Waals surface area contributed by atoms with Gasteiger partial charge in [-0.2, -0.15) is 0 Å². The van der Waals surface area contributed by atoms with Gasteiger partial charge in [0.15, 0.2) is 0 Å². The lowest BCUT2D eigenvalue weighted by Crippen LogP contribution is -2.67. The van der Waals surface area contributed by atoms with E-state index in [1.54, 1.807) is 4.31 Å². The highest BCUT2D eigenvalue weighted by atomic mass is 32.2. The zero-order valence-corrected chi connectivity index (χ0v) is 18.0. The summed E-state index contributed by atoms with van der Waals surface area (Å²) in [4.78, 5) is 2.30. The van der Waals surface area contributed by atoms with Gasteiger partial charge in [0.2, 0.25) is 10.0 Å². The van der Waals surface area contributed by atoms with Gasteiger partial charge in [0, 0.05) is 31.1 Å². The molecule has 5 nitrogen and oxygen atoms in total. The highest BCUT2D eigenvalue weighted by Crippen LogP contribution is 2.42. The lowest BCUT2D eigenvalue weighted by atomic mass is 9.74. The van der Waals surface area contributed by atoms with Gasteiger partial charge < -0.3 is 5.11 Å². The molecule has 2 saturated heterocycles. The average Bonchev–Trinajstić information content (AvgIpc) is 2.67. The second-order valence-corrected chi connectivity index (χ2v) is 10.3. The van der Waals surface area contributed by atoms with Gasteiger partial charge in [-0.25, -0.2) is 12.7 Å². The van der Waals surface area contributed by atoms with Crippen molar-refractivity contribution in [2.75, 3.05) is 32.5 Å². The third-order valence-corrected chi connectivity index (χ3v) is 7.82. The molecule has 0 aliphatic carbocycles. The van der Waals surface area contributed by atoms with E-state index in [-0.39, 0.29) is 24.6 Å². The minimum absolute atomic E-state index is 0.0591. The number of nitrogens with zero attached hydrogens (tertiary/aromatic N) is 2. The van der Waals surface area contributed by atoms with Crippen LogP contribution in [0.2, 0.25) is 0 Å². The number of rotatable bonds is 4. The summed E-state index contributed by atoms with van der Waals surface area (Å²) in [5, 5.41) is 10.0. The monoisotopic (exact) mass is 414 g/mol. The average molecular weight is 415 g/mol. The summed E-state index contributed by atoms with van der Waals surface area (Å²) in [7, 11) is -3.22. The van der Waals surface area contributed by atoms with Crippen LogP contribution in [0.15, 0.2) is 48.5 Å². The van der Waals surface area contributed by atoms with Gasteiger partial charge in [0.1, 0.15) is 0 Å². The van der Waals surface area contributed by atoms with Crippen molar-refractivity contribution in [2.45, 2.75) is 37.8 Å². The number of aliphatic hydroxyl groups excluding tert-OH is 1. The Morgan fingerprint density at radius 2 is 1.72 bits per heavy atom. The molecule has 2 aromatic carbocycles. The lowest BCUT2D eigenvalue weighted by molar-refractivity contribution is -0.0553. The molecule has 2 aromatic rings. The van der Waals surface area contributed by atoms with Crippen LogP contribution in [-0.4, -0.2) is 67.3 Å². The molecule has 0 aromatic heterocycles. The quantitative estimate of drug-likeness (QED) is 0.836. The van der Waals surface area contributed by atoms with Gasteiger partial charge >= 0.3 is 0 Å². The molecule has 156 valence electrons. The molecule has 6 heteroatoms. The molecule has 0 radical (unpaired) electrons.